The third kappa shape index (κ3) is 4.78. The third-order valence-corrected chi connectivity index (χ3v) is 6.29. The van der Waals surface area contributed by atoms with Crippen LogP contribution in [0.1, 0.15) is 35.3 Å². The number of rotatable bonds is 6. The third-order valence-electron chi connectivity index (χ3n) is 6.29. The molecule has 5 rings (SSSR count). The highest BCUT2D eigenvalue weighted by atomic mass is 19.1. The molecule has 38 heavy (non-hydrogen) atoms. The van der Waals surface area contributed by atoms with Gasteiger partial charge in [0, 0.05) is 38.4 Å². The number of ether oxygens (including phenoxy) is 1. The van der Waals surface area contributed by atoms with Crippen LogP contribution in [0.5, 0.6) is 5.75 Å². The number of nitrogens with zero attached hydrogens (tertiary/aromatic N) is 6. The average Bonchev–Trinajstić information content (AvgIpc) is 3.48. The quantitative estimate of drug-likeness (QED) is 0.530. The minimum atomic E-state index is -0.736. The summed E-state index contributed by atoms with van der Waals surface area (Å²) >= 11 is 0. The van der Waals surface area contributed by atoms with Crippen LogP contribution in [0.4, 0.5) is 18.0 Å². The fraction of sp³-hybridized carbons (Fsp3) is 0.320. The zero-order valence-electron chi connectivity index (χ0n) is 20.6. The first kappa shape index (κ1) is 25.2. The Bertz CT molecular complexity index is 1400. The highest BCUT2D eigenvalue weighted by molar-refractivity contribution is 5.99. The van der Waals surface area contributed by atoms with E-state index in [1.807, 2.05) is 0 Å². The molecular weight excluding hydrogens is 503 g/mol. The van der Waals surface area contributed by atoms with Crippen molar-refractivity contribution in [2.24, 2.45) is 12.1 Å². The summed E-state index contributed by atoms with van der Waals surface area (Å²) < 4.78 is 49.2. The first-order chi connectivity index (χ1) is 18.2. The van der Waals surface area contributed by atoms with Crippen LogP contribution in [-0.4, -0.2) is 68.6 Å². The number of carbonyl (C=O) groups excluding carboxylic acids is 2. The van der Waals surface area contributed by atoms with Crippen molar-refractivity contribution in [2.75, 3.05) is 19.6 Å². The van der Waals surface area contributed by atoms with E-state index in [1.54, 1.807) is 14.0 Å². The lowest BCUT2D eigenvalue weighted by Gasteiger charge is -2.41. The first-order valence-electron chi connectivity index (χ1n) is 11.9. The molecule has 0 aliphatic carbocycles. The highest BCUT2D eigenvalue weighted by Gasteiger charge is 2.39. The molecule has 0 spiro atoms. The number of likely N-dealkylation sites (tertiary alicyclic amines) is 1. The summed E-state index contributed by atoms with van der Waals surface area (Å²) in [7, 11) is 1.64. The molecule has 1 unspecified atom stereocenters. The van der Waals surface area contributed by atoms with Crippen LogP contribution >= 0.6 is 0 Å². The van der Waals surface area contributed by atoms with Gasteiger partial charge in [-0.15, -0.1) is 0 Å². The number of halogens is 3. The molecule has 10 nitrogen and oxygen atoms in total. The number of urea groups is 1. The van der Waals surface area contributed by atoms with Crippen molar-refractivity contribution in [3.8, 4) is 17.1 Å². The summed E-state index contributed by atoms with van der Waals surface area (Å²) in [5.41, 5.74) is 1.29. The summed E-state index contributed by atoms with van der Waals surface area (Å²) in [5, 5.41) is 12.1. The molecule has 1 N–H and O–H groups in total. The summed E-state index contributed by atoms with van der Waals surface area (Å²) in [5.74, 6) is -2.58. The summed E-state index contributed by atoms with van der Waals surface area (Å²) in [6.07, 6.45) is 3.74. The lowest BCUT2D eigenvalue weighted by atomic mass is 10.0. The predicted octanol–water partition coefficient (Wildman–Crippen LogP) is 3.26. The van der Waals surface area contributed by atoms with Gasteiger partial charge in [0.2, 0.25) is 0 Å². The van der Waals surface area contributed by atoms with E-state index in [0.29, 0.717) is 35.5 Å². The number of nitrogens with one attached hydrogen (secondary N) is 1. The lowest BCUT2D eigenvalue weighted by Crippen LogP contribution is -2.58. The largest absolute Gasteiger partial charge is 0.483 e. The molecule has 0 bridgehead atoms. The van der Waals surface area contributed by atoms with Crippen LogP contribution in [0.15, 0.2) is 41.8 Å². The Balaban J connectivity index is 1.26. The van der Waals surface area contributed by atoms with Gasteiger partial charge in [0.25, 0.3) is 5.91 Å². The SMILES string of the molecule is CCNC(=O)c1cnn(C)c1-c1cc(OC2CN(C(=O)N3N=CCC3c3cc(F)cc(F)c3)C2)c(F)cn1. The molecule has 198 valence electrons. The Morgan fingerprint density at radius 2 is 1.84 bits per heavy atom. The molecule has 2 aliphatic heterocycles. The van der Waals surface area contributed by atoms with Gasteiger partial charge in [-0.2, -0.15) is 10.2 Å². The Hall–Kier alpha value is -4.42. The Kier molecular flexibility index (Phi) is 6.74. The highest BCUT2D eigenvalue weighted by Crippen LogP contribution is 2.32. The zero-order chi connectivity index (χ0) is 27.0. The molecule has 3 aromatic rings. The van der Waals surface area contributed by atoms with Gasteiger partial charge in [-0.05, 0) is 24.6 Å². The molecule has 1 atom stereocenters. The van der Waals surface area contributed by atoms with Crippen LogP contribution < -0.4 is 10.1 Å². The molecule has 2 aromatic heterocycles. The maximum absolute atomic E-state index is 14.6. The lowest BCUT2D eigenvalue weighted by molar-refractivity contribution is 0.0256. The molecule has 3 amide bonds. The molecular formula is C25H24F3N7O3. The van der Waals surface area contributed by atoms with Gasteiger partial charge in [-0.25, -0.2) is 23.0 Å². The number of pyridine rings is 1. The zero-order valence-corrected chi connectivity index (χ0v) is 20.6. The Labute approximate surface area is 215 Å². The summed E-state index contributed by atoms with van der Waals surface area (Å²) in [4.78, 5) is 31.0. The van der Waals surface area contributed by atoms with Gasteiger partial charge < -0.3 is 15.0 Å². The van der Waals surface area contributed by atoms with E-state index >= 15 is 0 Å². The predicted molar refractivity (Wildman–Crippen MR) is 130 cm³/mol. The van der Waals surface area contributed by atoms with Crippen molar-refractivity contribution in [3.05, 3.63) is 65.2 Å². The number of benzene rings is 1. The molecule has 0 saturated carbocycles. The second kappa shape index (κ2) is 10.1. The molecule has 4 heterocycles. The number of hydrogen-bond acceptors (Lipinski definition) is 6. The average molecular weight is 528 g/mol. The van der Waals surface area contributed by atoms with Crippen LogP contribution in [0.25, 0.3) is 11.4 Å². The van der Waals surface area contributed by atoms with E-state index in [-0.39, 0.29) is 24.7 Å². The van der Waals surface area contributed by atoms with Crippen molar-refractivity contribution < 1.29 is 27.5 Å². The normalized spacial score (nSPS) is 17.0. The maximum Gasteiger partial charge on any atom is 0.341 e. The van der Waals surface area contributed by atoms with E-state index < -0.39 is 35.6 Å². The number of hydrazone groups is 1. The number of amides is 3. The number of aromatic nitrogens is 3. The van der Waals surface area contributed by atoms with Gasteiger partial charge in [-0.1, -0.05) is 0 Å². The van der Waals surface area contributed by atoms with Crippen LogP contribution in [0.2, 0.25) is 0 Å². The van der Waals surface area contributed by atoms with Crippen molar-refractivity contribution in [2.45, 2.75) is 25.5 Å². The Morgan fingerprint density at radius 1 is 1.11 bits per heavy atom. The summed E-state index contributed by atoms with van der Waals surface area (Å²) in [6.45, 7) is 2.53. The van der Waals surface area contributed by atoms with Crippen molar-refractivity contribution in [1.82, 2.24) is 30.0 Å². The van der Waals surface area contributed by atoms with Gasteiger partial charge in [-0.3, -0.25) is 14.5 Å². The molecule has 1 saturated heterocycles. The van der Waals surface area contributed by atoms with Gasteiger partial charge in [0.1, 0.15) is 17.7 Å². The minimum absolute atomic E-state index is 0.0811. The second-order valence-corrected chi connectivity index (χ2v) is 8.91. The first-order valence-corrected chi connectivity index (χ1v) is 11.9. The van der Waals surface area contributed by atoms with E-state index in [0.717, 1.165) is 12.3 Å². The van der Waals surface area contributed by atoms with Gasteiger partial charge in [0.15, 0.2) is 11.6 Å². The molecule has 2 aliphatic rings. The molecule has 1 aromatic carbocycles. The standard InChI is InChI=1S/C25H24F3N7O3/c1-3-29-24(36)18-10-32-33(2)23(18)20-9-22(19(28)11-30-20)38-17-12-34(13-17)25(37)35-21(4-5-31-35)14-6-15(26)8-16(27)7-14/h5-11,17,21H,3-4,12-13H2,1-2H3,(H,29,36). The monoisotopic (exact) mass is 527 g/mol. The van der Waals surface area contributed by atoms with Crippen LogP contribution in [-0.2, 0) is 7.05 Å². The molecule has 1 fully saturated rings. The van der Waals surface area contributed by atoms with Gasteiger partial charge in [0.05, 0.1) is 48.5 Å². The minimum Gasteiger partial charge on any atom is -0.483 e. The summed E-state index contributed by atoms with van der Waals surface area (Å²) in [6, 6.07) is 3.42. The van der Waals surface area contributed by atoms with Gasteiger partial charge >= 0.3 is 6.03 Å². The topological polar surface area (TPSA) is 105 Å². The van der Waals surface area contributed by atoms with Crippen LogP contribution in [0, 0.1) is 17.5 Å². The number of carbonyl (C=O) groups is 2. The molecule has 0 radical (unpaired) electrons. The fourth-order valence-electron chi connectivity index (χ4n) is 4.44. The molecule has 13 heteroatoms. The number of hydrogen-bond donors (Lipinski definition) is 1. The van der Waals surface area contributed by atoms with Crippen LogP contribution in [0.3, 0.4) is 0 Å². The van der Waals surface area contributed by atoms with E-state index in [4.69, 9.17) is 4.74 Å². The van der Waals surface area contributed by atoms with Crippen molar-refractivity contribution in [1.29, 1.82) is 0 Å². The smallest absolute Gasteiger partial charge is 0.341 e. The van der Waals surface area contributed by atoms with E-state index in [2.05, 4.69) is 20.5 Å². The van der Waals surface area contributed by atoms with E-state index in [9.17, 15) is 22.8 Å². The van der Waals surface area contributed by atoms with Crippen molar-refractivity contribution in [3.63, 3.8) is 0 Å². The maximum atomic E-state index is 14.6. The Morgan fingerprint density at radius 3 is 2.55 bits per heavy atom. The van der Waals surface area contributed by atoms with Crippen molar-refractivity contribution >= 4 is 18.2 Å². The number of aryl methyl sites for hydroxylation is 1. The fourth-order valence-corrected chi connectivity index (χ4v) is 4.44. The second-order valence-electron chi connectivity index (χ2n) is 8.91. The van der Waals surface area contributed by atoms with E-state index in [1.165, 1.54) is 45.2 Å².